The van der Waals surface area contributed by atoms with Gasteiger partial charge in [0.25, 0.3) is 5.71 Å². The fourth-order valence-electron chi connectivity index (χ4n) is 7.73. The standard InChI is InChI=1S/C42H46N6O6/c1-2-33(28-9-5-3-6-10-28)37(29-11-15-31(49)16-12-29)30-13-17-32(18-14-30)54-26-8-4-7-21-46-22-24-47(25-23-46)42-43-27-34-38(45-42)41(53)48(40(34)52)35-19-20-36(50)44-39(35)51/h3,5-6,9-18,34-35H,2,4,7-8,19-27H2,1H3,(H2,44,49,50,51)/p+1/b37-33-. The van der Waals surface area contributed by atoms with Gasteiger partial charge in [0.2, 0.25) is 17.7 Å². The first-order valence-electron chi connectivity index (χ1n) is 19.0. The van der Waals surface area contributed by atoms with Crippen LogP contribution in [0.4, 0.5) is 0 Å². The summed E-state index contributed by atoms with van der Waals surface area (Å²) in [4.78, 5) is 55.8. The molecule has 4 heterocycles. The predicted molar refractivity (Wildman–Crippen MR) is 206 cm³/mol. The second-order valence-corrected chi connectivity index (χ2v) is 14.1. The van der Waals surface area contributed by atoms with Crippen LogP contribution in [0.1, 0.15) is 62.1 Å². The maximum atomic E-state index is 13.2. The first-order chi connectivity index (χ1) is 26.3. The molecule has 4 aliphatic rings. The molecule has 7 rings (SSSR count). The summed E-state index contributed by atoms with van der Waals surface area (Å²) >= 11 is 0. The van der Waals surface area contributed by atoms with E-state index in [1.54, 1.807) is 12.1 Å². The Morgan fingerprint density at radius 1 is 0.852 bits per heavy atom. The van der Waals surface area contributed by atoms with Crippen molar-refractivity contribution in [2.75, 3.05) is 45.9 Å². The van der Waals surface area contributed by atoms with E-state index in [1.807, 2.05) is 30.3 Å². The third-order valence-corrected chi connectivity index (χ3v) is 10.7. The minimum Gasteiger partial charge on any atom is -0.508 e. The number of hydrogen-bond donors (Lipinski definition) is 3. The number of ether oxygens (including phenoxy) is 1. The van der Waals surface area contributed by atoms with E-state index < -0.39 is 35.6 Å². The molecule has 54 heavy (non-hydrogen) atoms. The Bertz CT molecular complexity index is 1980. The zero-order valence-electron chi connectivity index (χ0n) is 30.6. The molecule has 3 aromatic rings. The van der Waals surface area contributed by atoms with Gasteiger partial charge in [-0.25, -0.2) is 9.57 Å². The molecule has 3 N–H and O–H groups in total. The van der Waals surface area contributed by atoms with Gasteiger partial charge in [-0.15, -0.1) is 0 Å². The molecular weight excluding hydrogens is 684 g/mol. The van der Waals surface area contributed by atoms with Crippen LogP contribution in [0.2, 0.25) is 0 Å². The smallest absolute Gasteiger partial charge is 0.441 e. The van der Waals surface area contributed by atoms with Gasteiger partial charge in [0.1, 0.15) is 23.5 Å². The quantitative estimate of drug-likeness (QED) is 0.111. The zero-order chi connectivity index (χ0) is 37.6. The van der Waals surface area contributed by atoms with E-state index in [2.05, 4.69) is 68.4 Å². The first kappa shape index (κ1) is 36.6. The topological polar surface area (TPSA) is 146 Å². The Hall–Kier alpha value is -5.71. The van der Waals surface area contributed by atoms with Gasteiger partial charge in [0.05, 0.1) is 26.2 Å². The van der Waals surface area contributed by atoms with Crippen molar-refractivity contribution in [1.82, 2.24) is 30.0 Å². The average molecular weight is 732 g/mol. The number of guanidine groups is 1. The van der Waals surface area contributed by atoms with Crippen molar-refractivity contribution in [2.24, 2.45) is 5.92 Å². The number of benzene rings is 3. The van der Waals surface area contributed by atoms with Gasteiger partial charge in [-0.2, -0.15) is 0 Å². The van der Waals surface area contributed by atoms with Crippen LogP contribution < -0.4 is 20.0 Å². The number of fused-ring (bicyclic) bond motifs is 1. The molecular formula is C42H47N6O6+. The van der Waals surface area contributed by atoms with Gasteiger partial charge in [-0.05, 0) is 90.8 Å². The molecule has 3 fully saturated rings. The highest BCUT2D eigenvalue weighted by molar-refractivity contribution is 6.50. The second-order valence-electron chi connectivity index (χ2n) is 14.1. The number of hydrogen-bond acceptors (Lipinski definition) is 9. The van der Waals surface area contributed by atoms with E-state index in [-0.39, 0.29) is 30.8 Å². The summed E-state index contributed by atoms with van der Waals surface area (Å²) in [7, 11) is 0. The summed E-state index contributed by atoms with van der Waals surface area (Å²) in [5.74, 6) is -1.04. The maximum absolute atomic E-state index is 13.2. The van der Waals surface area contributed by atoms with E-state index in [4.69, 9.17) is 4.74 Å². The molecule has 280 valence electrons. The summed E-state index contributed by atoms with van der Waals surface area (Å²) < 4.78 is 10.7. The normalized spacial score (nSPS) is 20.8. The van der Waals surface area contributed by atoms with Crippen molar-refractivity contribution in [3.05, 3.63) is 95.6 Å². The van der Waals surface area contributed by atoms with Gasteiger partial charge in [-0.1, -0.05) is 61.5 Å². The van der Waals surface area contributed by atoms with Crippen LogP contribution in [0.15, 0.2) is 78.9 Å². The van der Waals surface area contributed by atoms with Crippen LogP contribution in [0.25, 0.3) is 11.1 Å². The molecule has 0 bridgehead atoms. The third-order valence-electron chi connectivity index (χ3n) is 10.7. The SMILES string of the molecule is CC/C(=C(\c1ccc(O)cc1)c1ccc(OCCCCCN2CCN(C3=[N+]=C4C(=O)N(C5CCC(=O)NC5=O)C(=O)C4CN3)CC2)cc1)c1ccccc1. The number of piperidine rings is 1. The van der Waals surface area contributed by atoms with Gasteiger partial charge < -0.3 is 9.84 Å². The number of phenols is 1. The van der Waals surface area contributed by atoms with Crippen LogP contribution in [0.5, 0.6) is 11.5 Å². The number of carbonyl (C=O) groups excluding carboxylic acids is 4. The number of unbranched alkanes of at least 4 members (excludes halogenated alkanes) is 2. The number of phenolic OH excluding ortho intramolecular Hbond substituents is 1. The highest BCUT2D eigenvalue weighted by atomic mass is 16.5. The number of likely N-dealkylation sites (tertiary alicyclic amines) is 1. The number of piperazine rings is 1. The molecule has 4 amide bonds. The molecule has 3 aromatic carbocycles. The Morgan fingerprint density at radius 3 is 2.24 bits per heavy atom. The maximum Gasteiger partial charge on any atom is 0.441 e. The highest BCUT2D eigenvalue weighted by Crippen LogP contribution is 2.35. The summed E-state index contributed by atoms with van der Waals surface area (Å²) in [5, 5.41) is 15.4. The van der Waals surface area contributed by atoms with E-state index >= 15 is 0 Å². The molecule has 2 atom stereocenters. The molecule has 4 aliphatic heterocycles. The molecule has 12 heteroatoms. The summed E-state index contributed by atoms with van der Waals surface area (Å²) in [6, 6.07) is 25.1. The van der Waals surface area contributed by atoms with Crippen LogP contribution >= 0.6 is 0 Å². The number of aromatic hydroxyl groups is 1. The molecule has 3 saturated heterocycles. The Labute approximate surface area is 315 Å². The number of rotatable bonds is 12. The number of nitrogens with zero attached hydrogens (tertiary/aromatic N) is 4. The summed E-state index contributed by atoms with van der Waals surface area (Å²) in [5.41, 5.74) is 5.89. The van der Waals surface area contributed by atoms with Crippen molar-refractivity contribution in [1.29, 1.82) is 0 Å². The van der Waals surface area contributed by atoms with Crippen molar-refractivity contribution in [2.45, 2.75) is 51.5 Å². The largest absolute Gasteiger partial charge is 0.508 e. The Balaban J connectivity index is 0.869. The summed E-state index contributed by atoms with van der Waals surface area (Å²) in [6.45, 7) is 7.28. The summed E-state index contributed by atoms with van der Waals surface area (Å²) in [6.07, 6.45) is 4.15. The van der Waals surface area contributed by atoms with Gasteiger partial charge >= 0.3 is 11.9 Å². The molecule has 0 saturated carbocycles. The number of nitrogens with one attached hydrogen (secondary N) is 2. The molecule has 0 aromatic heterocycles. The lowest BCUT2D eigenvalue weighted by Gasteiger charge is -2.31. The number of imide groups is 2. The van der Waals surface area contributed by atoms with Crippen LogP contribution in [0, 0.1) is 5.92 Å². The fraction of sp³-hybridized carbons (Fsp3) is 0.381. The fourth-order valence-corrected chi connectivity index (χ4v) is 7.73. The van der Waals surface area contributed by atoms with E-state index in [0.717, 1.165) is 85.8 Å². The number of amides is 4. The lowest BCUT2D eigenvalue weighted by molar-refractivity contribution is -0.150. The highest BCUT2D eigenvalue weighted by Gasteiger charge is 2.54. The van der Waals surface area contributed by atoms with E-state index in [0.29, 0.717) is 12.6 Å². The first-order valence-corrected chi connectivity index (χ1v) is 19.0. The van der Waals surface area contributed by atoms with Crippen molar-refractivity contribution in [3.8, 4) is 11.5 Å². The minimum atomic E-state index is -0.977. The molecule has 0 spiro atoms. The second kappa shape index (κ2) is 16.5. The number of carbonyl (C=O) groups is 4. The zero-order valence-corrected chi connectivity index (χ0v) is 30.6. The van der Waals surface area contributed by atoms with Crippen LogP contribution in [0.3, 0.4) is 0 Å². The van der Waals surface area contributed by atoms with Crippen LogP contribution in [-0.2, 0) is 19.2 Å². The van der Waals surface area contributed by atoms with E-state index in [1.165, 1.54) is 11.1 Å². The number of allylic oxidation sites excluding steroid dienone is 1. The van der Waals surface area contributed by atoms with E-state index in [9.17, 15) is 24.3 Å². The van der Waals surface area contributed by atoms with Gasteiger partial charge in [0.15, 0.2) is 0 Å². The van der Waals surface area contributed by atoms with Gasteiger partial charge in [-0.3, -0.25) is 39.6 Å². The van der Waals surface area contributed by atoms with Crippen molar-refractivity contribution < 1.29 is 29.0 Å². The lowest BCUT2D eigenvalue weighted by atomic mass is 9.88. The van der Waals surface area contributed by atoms with Crippen molar-refractivity contribution in [3.63, 3.8) is 0 Å². The lowest BCUT2D eigenvalue weighted by Crippen LogP contribution is -2.56. The predicted octanol–water partition coefficient (Wildman–Crippen LogP) is 3.19. The monoisotopic (exact) mass is 731 g/mol. The average Bonchev–Trinajstić information content (AvgIpc) is 3.44. The Morgan fingerprint density at radius 2 is 1.56 bits per heavy atom. The molecule has 0 radical (unpaired) electrons. The third kappa shape index (κ3) is 7.95. The minimum absolute atomic E-state index is 0.0894. The molecule has 0 aliphatic carbocycles. The van der Waals surface area contributed by atoms with Crippen LogP contribution in [-0.4, -0.2) is 107 Å². The van der Waals surface area contributed by atoms with Gasteiger partial charge in [0, 0.05) is 19.5 Å². The molecule has 12 nitrogen and oxygen atoms in total. The van der Waals surface area contributed by atoms with Crippen molar-refractivity contribution >= 4 is 46.4 Å². The molecule has 2 unspecified atom stereocenters. The Kier molecular flexibility index (Phi) is 11.2.